The van der Waals surface area contributed by atoms with Crippen LogP contribution in [0.1, 0.15) is 27.4 Å². The van der Waals surface area contributed by atoms with Gasteiger partial charge >= 0.3 is 0 Å². The molecular weight excluding hydrogens is 291 g/mol. The van der Waals surface area contributed by atoms with Crippen LogP contribution in [0.25, 0.3) is 0 Å². The number of nitrogens with one attached hydrogen (secondary N) is 1. The maximum absolute atomic E-state index is 13.4. The fraction of sp³-hybridized carbons (Fsp3) is 0.316. The molecule has 0 spiro atoms. The molecule has 23 heavy (non-hydrogen) atoms. The number of likely N-dealkylation sites (tertiary alicyclic amines) is 1. The Morgan fingerprint density at radius 3 is 2.87 bits per heavy atom. The van der Waals surface area contributed by atoms with Crippen molar-refractivity contribution in [1.82, 2.24) is 10.2 Å². The predicted molar refractivity (Wildman–Crippen MR) is 86.7 cm³/mol. The van der Waals surface area contributed by atoms with Gasteiger partial charge in [0.25, 0.3) is 5.91 Å². The van der Waals surface area contributed by atoms with Crippen LogP contribution in [0.15, 0.2) is 48.5 Å². The number of amides is 1. The molecule has 2 unspecified atom stereocenters. The van der Waals surface area contributed by atoms with Crippen molar-refractivity contribution in [3.05, 3.63) is 71.0 Å². The number of halogens is 1. The van der Waals surface area contributed by atoms with Gasteiger partial charge in [-0.3, -0.25) is 9.69 Å². The molecule has 1 saturated heterocycles. The number of carbonyl (C=O) groups is 1. The third-order valence-electron chi connectivity index (χ3n) is 4.94. The first-order chi connectivity index (χ1) is 11.2. The minimum absolute atomic E-state index is 0.0340. The molecule has 118 valence electrons. The zero-order valence-electron chi connectivity index (χ0n) is 12.8. The van der Waals surface area contributed by atoms with E-state index >= 15 is 0 Å². The second-order valence-electron chi connectivity index (χ2n) is 6.49. The minimum Gasteiger partial charge on any atom is -0.352 e. The zero-order valence-corrected chi connectivity index (χ0v) is 12.8. The van der Waals surface area contributed by atoms with Crippen LogP contribution in [0.5, 0.6) is 0 Å². The molecule has 2 heterocycles. The van der Waals surface area contributed by atoms with E-state index in [0.29, 0.717) is 18.4 Å². The highest BCUT2D eigenvalue weighted by molar-refractivity contribution is 5.96. The van der Waals surface area contributed by atoms with Gasteiger partial charge in [-0.1, -0.05) is 30.3 Å². The molecule has 4 rings (SSSR count). The van der Waals surface area contributed by atoms with Gasteiger partial charge in [0.1, 0.15) is 5.82 Å². The van der Waals surface area contributed by atoms with E-state index in [0.717, 1.165) is 36.3 Å². The standard InChI is InChI=1S/C19H19FN2O/c20-15-5-3-4-13(8-15)10-22-11-14-9-21-19(23)17-7-2-1-6-16(17)18(14)12-22/h1-8,14,18H,9-12H2,(H,21,23). The van der Waals surface area contributed by atoms with Gasteiger partial charge in [0.05, 0.1) is 0 Å². The molecule has 0 aromatic heterocycles. The Balaban J connectivity index is 1.57. The van der Waals surface area contributed by atoms with Crippen molar-refractivity contribution in [2.24, 2.45) is 5.92 Å². The van der Waals surface area contributed by atoms with Crippen LogP contribution >= 0.6 is 0 Å². The first-order valence-corrected chi connectivity index (χ1v) is 8.04. The molecule has 0 radical (unpaired) electrons. The van der Waals surface area contributed by atoms with Crippen LogP contribution in [-0.4, -0.2) is 30.4 Å². The van der Waals surface area contributed by atoms with Crippen molar-refractivity contribution < 1.29 is 9.18 Å². The topological polar surface area (TPSA) is 32.3 Å². The van der Waals surface area contributed by atoms with Gasteiger partial charge in [-0.25, -0.2) is 4.39 Å². The molecule has 2 aromatic rings. The summed E-state index contributed by atoms with van der Waals surface area (Å²) in [6.07, 6.45) is 0. The highest BCUT2D eigenvalue weighted by Crippen LogP contribution is 2.36. The number of nitrogens with zero attached hydrogens (tertiary/aromatic N) is 1. The number of carbonyl (C=O) groups excluding carboxylic acids is 1. The SMILES string of the molecule is O=C1NCC2CN(Cc3cccc(F)c3)CC2c2ccccc21. The van der Waals surface area contributed by atoms with Gasteiger partial charge < -0.3 is 5.32 Å². The van der Waals surface area contributed by atoms with Gasteiger partial charge in [0.2, 0.25) is 0 Å². The summed E-state index contributed by atoms with van der Waals surface area (Å²) in [4.78, 5) is 14.5. The normalized spacial score (nSPS) is 23.8. The van der Waals surface area contributed by atoms with Gasteiger partial charge in [0.15, 0.2) is 0 Å². The van der Waals surface area contributed by atoms with E-state index in [1.165, 1.54) is 6.07 Å². The Morgan fingerprint density at radius 2 is 2.00 bits per heavy atom. The lowest BCUT2D eigenvalue weighted by Crippen LogP contribution is -2.29. The Kier molecular flexibility index (Phi) is 3.62. The van der Waals surface area contributed by atoms with Gasteiger partial charge in [0, 0.05) is 37.7 Å². The van der Waals surface area contributed by atoms with Gasteiger partial charge in [-0.15, -0.1) is 0 Å². The van der Waals surface area contributed by atoms with Crippen molar-refractivity contribution in [3.8, 4) is 0 Å². The van der Waals surface area contributed by atoms with Gasteiger partial charge in [-0.05, 0) is 35.2 Å². The smallest absolute Gasteiger partial charge is 0.251 e. The quantitative estimate of drug-likeness (QED) is 0.925. The molecule has 1 fully saturated rings. The fourth-order valence-corrected chi connectivity index (χ4v) is 3.89. The maximum atomic E-state index is 13.4. The molecule has 2 aliphatic heterocycles. The Bertz CT molecular complexity index is 746. The largest absolute Gasteiger partial charge is 0.352 e. The molecular formula is C19H19FN2O. The van der Waals surface area contributed by atoms with E-state index in [9.17, 15) is 9.18 Å². The van der Waals surface area contributed by atoms with Crippen LogP contribution < -0.4 is 5.32 Å². The first-order valence-electron chi connectivity index (χ1n) is 8.04. The van der Waals surface area contributed by atoms with Crippen molar-refractivity contribution in [3.63, 3.8) is 0 Å². The molecule has 1 N–H and O–H groups in total. The summed E-state index contributed by atoms with van der Waals surface area (Å²) in [5.41, 5.74) is 2.95. The van der Waals surface area contributed by atoms with E-state index in [1.807, 2.05) is 24.3 Å². The molecule has 0 saturated carbocycles. The number of benzene rings is 2. The Hall–Kier alpha value is -2.20. The number of rotatable bonds is 2. The summed E-state index contributed by atoms with van der Waals surface area (Å²) >= 11 is 0. The highest BCUT2D eigenvalue weighted by atomic mass is 19.1. The summed E-state index contributed by atoms with van der Waals surface area (Å²) < 4.78 is 13.4. The van der Waals surface area contributed by atoms with Gasteiger partial charge in [-0.2, -0.15) is 0 Å². The van der Waals surface area contributed by atoms with E-state index in [1.54, 1.807) is 12.1 Å². The van der Waals surface area contributed by atoms with Crippen LogP contribution in [-0.2, 0) is 6.54 Å². The van der Waals surface area contributed by atoms with E-state index in [4.69, 9.17) is 0 Å². The number of fused-ring (bicyclic) bond motifs is 3. The lowest BCUT2D eigenvalue weighted by molar-refractivity contribution is 0.0951. The van der Waals surface area contributed by atoms with E-state index < -0.39 is 0 Å². The lowest BCUT2D eigenvalue weighted by atomic mass is 9.87. The molecule has 2 aromatic carbocycles. The molecule has 0 bridgehead atoms. The maximum Gasteiger partial charge on any atom is 0.251 e. The molecule has 4 heteroatoms. The molecule has 2 aliphatic rings. The summed E-state index contributed by atoms with van der Waals surface area (Å²) in [6.45, 7) is 3.29. The average molecular weight is 310 g/mol. The van der Waals surface area contributed by atoms with Crippen LogP contribution in [0.2, 0.25) is 0 Å². The number of hydrogen-bond donors (Lipinski definition) is 1. The first kappa shape index (κ1) is 14.4. The highest BCUT2D eigenvalue weighted by Gasteiger charge is 2.37. The lowest BCUT2D eigenvalue weighted by Gasteiger charge is -2.17. The van der Waals surface area contributed by atoms with Crippen LogP contribution in [0.4, 0.5) is 4.39 Å². The van der Waals surface area contributed by atoms with Crippen molar-refractivity contribution >= 4 is 5.91 Å². The summed E-state index contributed by atoms with van der Waals surface area (Å²) in [7, 11) is 0. The van der Waals surface area contributed by atoms with Crippen LogP contribution in [0, 0.1) is 11.7 Å². The monoisotopic (exact) mass is 310 g/mol. The Labute approximate surface area is 135 Å². The minimum atomic E-state index is -0.187. The molecule has 2 atom stereocenters. The average Bonchev–Trinajstić information content (AvgIpc) is 2.90. The van der Waals surface area contributed by atoms with E-state index in [2.05, 4.69) is 16.3 Å². The molecule has 3 nitrogen and oxygen atoms in total. The summed E-state index contributed by atoms with van der Waals surface area (Å²) in [5, 5.41) is 3.04. The fourth-order valence-electron chi connectivity index (χ4n) is 3.89. The molecule has 0 aliphatic carbocycles. The number of hydrogen-bond acceptors (Lipinski definition) is 2. The summed E-state index contributed by atoms with van der Waals surface area (Å²) in [5.74, 6) is 0.620. The van der Waals surface area contributed by atoms with Crippen molar-refractivity contribution in [2.45, 2.75) is 12.5 Å². The summed E-state index contributed by atoms with van der Waals surface area (Å²) in [6, 6.07) is 14.7. The second-order valence-corrected chi connectivity index (χ2v) is 6.49. The van der Waals surface area contributed by atoms with Crippen LogP contribution in [0.3, 0.4) is 0 Å². The Morgan fingerprint density at radius 1 is 1.13 bits per heavy atom. The molecule has 1 amide bonds. The van der Waals surface area contributed by atoms with Crippen molar-refractivity contribution in [2.75, 3.05) is 19.6 Å². The predicted octanol–water partition coefficient (Wildman–Crippen LogP) is 2.78. The van der Waals surface area contributed by atoms with E-state index in [-0.39, 0.29) is 11.7 Å². The second kappa shape index (κ2) is 5.78. The third kappa shape index (κ3) is 2.75. The third-order valence-corrected chi connectivity index (χ3v) is 4.94. The van der Waals surface area contributed by atoms with Crippen molar-refractivity contribution in [1.29, 1.82) is 0 Å². The zero-order chi connectivity index (χ0) is 15.8.